The summed E-state index contributed by atoms with van der Waals surface area (Å²) in [7, 11) is 1.84. The number of benzene rings is 1. The number of likely N-dealkylation sites (N-methyl/N-ethyl adjacent to an activating group) is 1. The fourth-order valence-electron chi connectivity index (χ4n) is 2.26. The van der Waals surface area contributed by atoms with Crippen molar-refractivity contribution in [1.29, 1.82) is 0 Å². The second kappa shape index (κ2) is 4.98. The lowest BCUT2D eigenvalue weighted by Gasteiger charge is -2.29. The van der Waals surface area contributed by atoms with E-state index in [2.05, 4.69) is 10.3 Å². The van der Waals surface area contributed by atoms with Crippen molar-refractivity contribution in [2.45, 2.75) is 18.9 Å². The van der Waals surface area contributed by atoms with Crippen LogP contribution in [0.2, 0.25) is 5.02 Å². The van der Waals surface area contributed by atoms with Gasteiger partial charge < -0.3 is 10.2 Å². The molecule has 1 N–H and O–H groups in total. The quantitative estimate of drug-likeness (QED) is 0.926. The molecule has 0 spiro atoms. The number of carbonyl (C=O) groups excluding carboxylic acids is 1. The van der Waals surface area contributed by atoms with Gasteiger partial charge in [0.05, 0.1) is 10.2 Å². The first-order valence-electron chi connectivity index (χ1n) is 6.18. The topological polar surface area (TPSA) is 45.2 Å². The summed E-state index contributed by atoms with van der Waals surface area (Å²) in [5.41, 5.74) is 0.956. The maximum atomic E-state index is 11.4. The highest BCUT2D eigenvalue weighted by molar-refractivity contribution is 7.22. The molecule has 1 atom stereocenters. The van der Waals surface area contributed by atoms with E-state index in [0.29, 0.717) is 6.42 Å². The number of hydrogen-bond donors (Lipinski definition) is 1. The zero-order valence-corrected chi connectivity index (χ0v) is 12.1. The number of halogens is 1. The number of hydrogen-bond acceptors (Lipinski definition) is 4. The standard InChI is InChI=1S/C13H14ClN3OS/c1-17-7-9(3-5-12(17)18)15-13-16-10-4-2-8(14)6-11(10)19-13/h2,4,6,9H,3,5,7H2,1H3,(H,15,16). The van der Waals surface area contributed by atoms with E-state index in [9.17, 15) is 4.79 Å². The molecule has 19 heavy (non-hydrogen) atoms. The molecule has 3 rings (SSSR count). The second-order valence-corrected chi connectivity index (χ2v) is 6.25. The van der Waals surface area contributed by atoms with Crippen LogP contribution in [0.25, 0.3) is 10.2 Å². The Hall–Kier alpha value is -1.33. The number of nitrogens with zero attached hydrogens (tertiary/aromatic N) is 2. The molecule has 0 bridgehead atoms. The molecule has 0 radical (unpaired) electrons. The van der Waals surface area contributed by atoms with Crippen LogP contribution in [0, 0.1) is 0 Å². The summed E-state index contributed by atoms with van der Waals surface area (Å²) in [6, 6.07) is 5.98. The van der Waals surface area contributed by atoms with E-state index in [-0.39, 0.29) is 11.9 Å². The van der Waals surface area contributed by atoms with Gasteiger partial charge in [0, 0.05) is 31.1 Å². The summed E-state index contributed by atoms with van der Waals surface area (Å²) in [4.78, 5) is 17.7. The molecule has 6 heteroatoms. The molecule has 1 amide bonds. The van der Waals surface area contributed by atoms with Crippen molar-refractivity contribution in [2.75, 3.05) is 18.9 Å². The van der Waals surface area contributed by atoms with Crippen molar-refractivity contribution >= 4 is 44.2 Å². The number of aromatic nitrogens is 1. The minimum atomic E-state index is 0.217. The fourth-order valence-corrected chi connectivity index (χ4v) is 3.48. The van der Waals surface area contributed by atoms with Crippen LogP contribution >= 0.6 is 22.9 Å². The highest BCUT2D eigenvalue weighted by atomic mass is 35.5. The molecule has 1 fully saturated rings. The summed E-state index contributed by atoms with van der Waals surface area (Å²) in [5.74, 6) is 0.217. The predicted molar refractivity (Wildman–Crippen MR) is 78.9 cm³/mol. The number of amides is 1. The predicted octanol–water partition coefficient (Wildman–Crippen LogP) is 2.98. The molecule has 1 aliphatic heterocycles. The third kappa shape index (κ3) is 2.67. The van der Waals surface area contributed by atoms with Gasteiger partial charge in [-0.05, 0) is 24.6 Å². The van der Waals surface area contributed by atoms with Crippen LogP contribution < -0.4 is 5.32 Å². The number of anilines is 1. The van der Waals surface area contributed by atoms with Gasteiger partial charge in [0.15, 0.2) is 5.13 Å². The molecule has 100 valence electrons. The van der Waals surface area contributed by atoms with E-state index in [1.165, 1.54) is 0 Å². The van der Waals surface area contributed by atoms with Gasteiger partial charge in [0.2, 0.25) is 5.91 Å². The smallest absolute Gasteiger partial charge is 0.222 e. The average molecular weight is 296 g/mol. The summed E-state index contributed by atoms with van der Waals surface area (Å²) >= 11 is 7.57. The van der Waals surface area contributed by atoms with Gasteiger partial charge in [-0.15, -0.1) is 0 Å². The van der Waals surface area contributed by atoms with Crippen LogP contribution in [-0.4, -0.2) is 35.4 Å². The Bertz CT molecular complexity index is 627. The highest BCUT2D eigenvalue weighted by Crippen LogP contribution is 2.29. The van der Waals surface area contributed by atoms with Crippen molar-refractivity contribution in [3.63, 3.8) is 0 Å². The molecule has 4 nitrogen and oxygen atoms in total. The molecule has 1 aromatic carbocycles. The molecule has 1 aromatic heterocycles. The highest BCUT2D eigenvalue weighted by Gasteiger charge is 2.23. The summed E-state index contributed by atoms with van der Waals surface area (Å²) in [5, 5.41) is 5.03. The molecule has 0 saturated carbocycles. The van der Waals surface area contributed by atoms with Crippen molar-refractivity contribution in [2.24, 2.45) is 0 Å². The third-order valence-corrected chi connectivity index (χ3v) is 4.49. The molecule has 0 aliphatic carbocycles. The Kier molecular flexibility index (Phi) is 3.33. The number of carbonyl (C=O) groups is 1. The van der Waals surface area contributed by atoms with Gasteiger partial charge in [-0.2, -0.15) is 0 Å². The minimum absolute atomic E-state index is 0.217. The van der Waals surface area contributed by atoms with E-state index >= 15 is 0 Å². The maximum absolute atomic E-state index is 11.4. The van der Waals surface area contributed by atoms with E-state index in [4.69, 9.17) is 11.6 Å². The first-order valence-corrected chi connectivity index (χ1v) is 7.38. The van der Waals surface area contributed by atoms with Crippen molar-refractivity contribution < 1.29 is 4.79 Å². The van der Waals surface area contributed by atoms with Crippen LogP contribution in [0.3, 0.4) is 0 Å². The monoisotopic (exact) mass is 295 g/mol. The zero-order valence-electron chi connectivity index (χ0n) is 10.5. The van der Waals surface area contributed by atoms with E-state index in [1.54, 1.807) is 16.2 Å². The summed E-state index contributed by atoms with van der Waals surface area (Å²) < 4.78 is 1.08. The van der Waals surface area contributed by atoms with Crippen LogP contribution in [0.4, 0.5) is 5.13 Å². The van der Waals surface area contributed by atoms with Gasteiger partial charge in [-0.1, -0.05) is 22.9 Å². The lowest BCUT2D eigenvalue weighted by Crippen LogP contribution is -2.43. The first-order chi connectivity index (χ1) is 9.11. The second-order valence-electron chi connectivity index (χ2n) is 4.79. The van der Waals surface area contributed by atoms with Gasteiger partial charge >= 0.3 is 0 Å². The SMILES string of the molecule is CN1CC(Nc2nc3ccc(Cl)cc3s2)CCC1=O. The number of rotatable bonds is 2. The Morgan fingerprint density at radius 2 is 2.37 bits per heavy atom. The number of nitrogens with one attached hydrogen (secondary N) is 1. The van der Waals surface area contributed by atoms with Gasteiger partial charge in [-0.3, -0.25) is 4.79 Å². The Labute approximate surface area is 120 Å². The minimum Gasteiger partial charge on any atom is -0.357 e. The summed E-state index contributed by atoms with van der Waals surface area (Å²) in [6.07, 6.45) is 1.46. The molecule has 1 saturated heterocycles. The van der Waals surface area contributed by atoms with Crippen LogP contribution in [0.1, 0.15) is 12.8 Å². The number of thiazole rings is 1. The van der Waals surface area contributed by atoms with E-state index < -0.39 is 0 Å². The third-order valence-electron chi connectivity index (χ3n) is 3.30. The normalized spacial score (nSPS) is 20.0. The molecule has 2 aromatic rings. The fraction of sp³-hybridized carbons (Fsp3) is 0.385. The van der Waals surface area contributed by atoms with Crippen molar-refractivity contribution in [3.8, 4) is 0 Å². The summed E-state index contributed by atoms with van der Waals surface area (Å²) in [6.45, 7) is 0.732. The maximum Gasteiger partial charge on any atom is 0.222 e. The van der Waals surface area contributed by atoms with Crippen LogP contribution in [0.5, 0.6) is 0 Å². The number of piperidine rings is 1. The largest absolute Gasteiger partial charge is 0.357 e. The van der Waals surface area contributed by atoms with Gasteiger partial charge in [0.1, 0.15) is 0 Å². The first kappa shape index (κ1) is 12.7. The Morgan fingerprint density at radius 1 is 1.53 bits per heavy atom. The van der Waals surface area contributed by atoms with Crippen molar-refractivity contribution in [3.05, 3.63) is 23.2 Å². The lowest BCUT2D eigenvalue weighted by molar-refractivity contribution is -0.132. The van der Waals surface area contributed by atoms with Gasteiger partial charge in [-0.25, -0.2) is 4.98 Å². The lowest BCUT2D eigenvalue weighted by atomic mass is 10.1. The Balaban J connectivity index is 1.76. The molecule has 1 aliphatic rings. The van der Waals surface area contributed by atoms with E-state index in [0.717, 1.165) is 33.3 Å². The van der Waals surface area contributed by atoms with Crippen LogP contribution in [-0.2, 0) is 4.79 Å². The molecule has 1 unspecified atom stereocenters. The molecular weight excluding hydrogens is 282 g/mol. The Morgan fingerprint density at radius 3 is 3.16 bits per heavy atom. The van der Waals surface area contributed by atoms with E-state index in [1.807, 2.05) is 25.2 Å². The molecular formula is C13H14ClN3OS. The van der Waals surface area contributed by atoms with Gasteiger partial charge in [0.25, 0.3) is 0 Å². The molecule has 2 heterocycles. The zero-order chi connectivity index (χ0) is 13.4. The number of likely N-dealkylation sites (tertiary alicyclic amines) is 1. The average Bonchev–Trinajstić information content (AvgIpc) is 2.75. The van der Waals surface area contributed by atoms with Crippen molar-refractivity contribution in [1.82, 2.24) is 9.88 Å². The van der Waals surface area contributed by atoms with Crippen LogP contribution in [0.15, 0.2) is 18.2 Å². The number of fused-ring (bicyclic) bond motifs is 1.